The van der Waals surface area contributed by atoms with Gasteiger partial charge in [-0.1, -0.05) is 0 Å². The van der Waals surface area contributed by atoms with Gasteiger partial charge in [-0.25, -0.2) is 4.98 Å². The van der Waals surface area contributed by atoms with Crippen molar-refractivity contribution >= 4 is 28.6 Å². The van der Waals surface area contributed by atoms with Crippen LogP contribution in [-0.2, 0) is 6.54 Å². The molecule has 0 spiro atoms. The third kappa shape index (κ3) is 2.68. The van der Waals surface area contributed by atoms with Crippen LogP contribution < -0.4 is 5.32 Å². The first-order valence-electron chi connectivity index (χ1n) is 4.91. The first-order valence-corrected chi connectivity index (χ1v) is 6.60. The Kier molecular flexibility index (Phi) is 3.36. The molecule has 0 aliphatic heterocycles. The molecule has 1 amide bonds. The SMILES string of the molecule is Cc1csc(CNC(=O)c2ccc(C)s2)n1. The lowest BCUT2D eigenvalue weighted by molar-refractivity contribution is 0.0955. The molecular formula is C11H12N2OS2. The largest absolute Gasteiger partial charge is 0.345 e. The molecule has 5 heteroatoms. The lowest BCUT2D eigenvalue weighted by Gasteiger charge is -1.99. The van der Waals surface area contributed by atoms with E-state index in [2.05, 4.69) is 10.3 Å². The van der Waals surface area contributed by atoms with Gasteiger partial charge in [0.05, 0.1) is 11.4 Å². The minimum Gasteiger partial charge on any atom is -0.345 e. The smallest absolute Gasteiger partial charge is 0.261 e. The average molecular weight is 252 g/mol. The highest BCUT2D eigenvalue weighted by Crippen LogP contribution is 2.15. The Morgan fingerprint density at radius 3 is 2.81 bits per heavy atom. The zero-order chi connectivity index (χ0) is 11.5. The van der Waals surface area contributed by atoms with Crippen molar-refractivity contribution in [3.63, 3.8) is 0 Å². The quantitative estimate of drug-likeness (QED) is 0.912. The summed E-state index contributed by atoms with van der Waals surface area (Å²) in [5, 5.41) is 5.79. The molecule has 2 rings (SSSR count). The van der Waals surface area contributed by atoms with Crippen LogP contribution in [0.1, 0.15) is 25.3 Å². The summed E-state index contributed by atoms with van der Waals surface area (Å²) in [6, 6.07) is 3.80. The van der Waals surface area contributed by atoms with Gasteiger partial charge < -0.3 is 5.32 Å². The van der Waals surface area contributed by atoms with Crippen molar-refractivity contribution in [1.29, 1.82) is 0 Å². The minimum atomic E-state index is -0.0223. The summed E-state index contributed by atoms with van der Waals surface area (Å²) in [7, 11) is 0. The second kappa shape index (κ2) is 4.76. The van der Waals surface area contributed by atoms with Gasteiger partial charge in [0.25, 0.3) is 5.91 Å². The topological polar surface area (TPSA) is 42.0 Å². The van der Waals surface area contributed by atoms with Gasteiger partial charge in [-0.15, -0.1) is 22.7 Å². The highest BCUT2D eigenvalue weighted by molar-refractivity contribution is 7.14. The summed E-state index contributed by atoms with van der Waals surface area (Å²) in [5.41, 5.74) is 1.00. The minimum absolute atomic E-state index is 0.0223. The molecule has 0 aliphatic rings. The third-order valence-electron chi connectivity index (χ3n) is 2.03. The number of carbonyl (C=O) groups excluding carboxylic acids is 1. The fourth-order valence-corrected chi connectivity index (χ4v) is 2.78. The van der Waals surface area contributed by atoms with Crippen molar-refractivity contribution < 1.29 is 4.79 Å². The van der Waals surface area contributed by atoms with E-state index in [1.165, 1.54) is 11.3 Å². The maximum absolute atomic E-state index is 11.7. The van der Waals surface area contributed by atoms with E-state index < -0.39 is 0 Å². The molecule has 16 heavy (non-hydrogen) atoms. The van der Waals surface area contributed by atoms with Gasteiger partial charge in [-0.3, -0.25) is 4.79 Å². The summed E-state index contributed by atoms with van der Waals surface area (Å²) in [5.74, 6) is -0.0223. The molecule has 2 aromatic rings. The van der Waals surface area contributed by atoms with E-state index in [1.54, 1.807) is 11.3 Å². The normalized spacial score (nSPS) is 10.4. The Balaban J connectivity index is 1.93. The van der Waals surface area contributed by atoms with Crippen LogP contribution in [0.3, 0.4) is 0 Å². The van der Waals surface area contributed by atoms with Crippen molar-refractivity contribution in [3.05, 3.63) is 38.0 Å². The number of hydrogen-bond acceptors (Lipinski definition) is 4. The van der Waals surface area contributed by atoms with Gasteiger partial charge in [0.15, 0.2) is 0 Å². The van der Waals surface area contributed by atoms with Gasteiger partial charge in [0, 0.05) is 16.0 Å². The number of nitrogens with zero attached hydrogens (tertiary/aromatic N) is 1. The van der Waals surface area contributed by atoms with Crippen molar-refractivity contribution in [2.75, 3.05) is 0 Å². The fraction of sp³-hybridized carbons (Fsp3) is 0.273. The molecule has 1 N–H and O–H groups in total. The Bertz CT molecular complexity index is 502. The molecule has 2 heterocycles. The summed E-state index contributed by atoms with van der Waals surface area (Å²) in [6.07, 6.45) is 0. The number of amides is 1. The molecule has 0 bridgehead atoms. The molecular weight excluding hydrogens is 240 g/mol. The van der Waals surface area contributed by atoms with E-state index in [1.807, 2.05) is 31.4 Å². The molecule has 0 radical (unpaired) electrons. The van der Waals surface area contributed by atoms with Crippen molar-refractivity contribution in [2.45, 2.75) is 20.4 Å². The second-order valence-electron chi connectivity index (χ2n) is 3.48. The first-order chi connectivity index (χ1) is 7.65. The highest BCUT2D eigenvalue weighted by Gasteiger charge is 2.08. The van der Waals surface area contributed by atoms with Gasteiger partial charge in [0.1, 0.15) is 5.01 Å². The van der Waals surface area contributed by atoms with Crippen LogP contribution in [0.15, 0.2) is 17.5 Å². The van der Waals surface area contributed by atoms with Crippen LogP contribution in [0.2, 0.25) is 0 Å². The predicted octanol–water partition coefficient (Wildman–Crippen LogP) is 2.75. The van der Waals surface area contributed by atoms with E-state index in [0.29, 0.717) is 6.54 Å². The molecule has 2 aromatic heterocycles. The van der Waals surface area contributed by atoms with Crippen molar-refractivity contribution in [2.24, 2.45) is 0 Å². The number of rotatable bonds is 3. The zero-order valence-corrected chi connectivity index (χ0v) is 10.7. The summed E-state index contributed by atoms with van der Waals surface area (Å²) in [4.78, 5) is 17.9. The number of nitrogens with one attached hydrogen (secondary N) is 1. The summed E-state index contributed by atoms with van der Waals surface area (Å²) < 4.78 is 0. The number of aromatic nitrogens is 1. The van der Waals surface area contributed by atoms with Gasteiger partial charge in [-0.2, -0.15) is 0 Å². The van der Waals surface area contributed by atoms with Gasteiger partial charge in [0.2, 0.25) is 0 Å². The molecule has 0 aliphatic carbocycles. The van der Waals surface area contributed by atoms with Crippen LogP contribution >= 0.6 is 22.7 Å². The lowest BCUT2D eigenvalue weighted by Crippen LogP contribution is -2.21. The maximum Gasteiger partial charge on any atom is 0.261 e. The number of carbonyl (C=O) groups is 1. The monoisotopic (exact) mass is 252 g/mol. The number of thiophene rings is 1. The van der Waals surface area contributed by atoms with Crippen LogP contribution in [-0.4, -0.2) is 10.9 Å². The van der Waals surface area contributed by atoms with E-state index in [4.69, 9.17) is 0 Å². The highest BCUT2D eigenvalue weighted by atomic mass is 32.1. The zero-order valence-electron chi connectivity index (χ0n) is 9.11. The standard InChI is InChI=1S/C11H12N2OS2/c1-7-6-15-10(13-7)5-12-11(14)9-4-3-8(2)16-9/h3-4,6H,5H2,1-2H3,(H,12,14). The third-order valence-corrected chi connectivity index (χ3v) is 4.00. The molecule has 3 nitrogen and oxygen atoms in total. The Morgan fingerprint density at radius 2 is 2.25 bits per heavy atom. The van der Waals surface area contributed by atoms with Crippen LogP contribution in [0.4, 0.5) is 0 Å². The van der Waals surface area contributed by atoms with E-state index >= 15 is 0 Å². The first kappa shape index (κ1) is 11.3. The summed E-state index contributed by atoms with van der Waals surface area (Å²) >= 11 is 3.08. The Labute approximate surface area is 102 Å². The maximum atomic E-state index is 11.7. The van der Waals surface area contributed by atoms with Crippen LogP contribution in [0.5, 0.6) is 0 Å². The molecule has 0 aromatic carbocycles. The number of aryl methyl sites for hydroxylation is 2. The predicted molar refractivity (Wildman–Crippen MR) is 67.1 cm³/mol. The van der Waals surface area contributed by atoms with Crippen LogP contribution in [0, 0.1) is 13.8 Å². The molecule has 84 valence electrons. The lowest BCUT2D eigenvalue weighted by atomic mass is 10.4. The van der Waals surface area contributed by atoms with E-state index in [0.717, 1.165) is 20.5 Å². The molecule has 0 fully saturated rings. The summed E-state index contributed by atoms with van der Waals surface area (Å²) in [6.45, 7) is 4.45. The molecule has 0 saturated heterocycles. The van der Waals surface area contributed by atoms with Crippen molar-refractivity contribution in [3.8, 4) is 0 Å². The van der Waals surface area contributed by atoms with E-state index in [9.17, 15) is 4.79 Å². The molecule has 0 unspecified atom stereocenters. The molecule has 0 atom stereocenters. The van der Waals surface area contributed by atoms with E-state index in [-0.39, 0.29) is 5.91 Å². The van der Waals surface area contributed by atoms with Gasteiger partial charge >= 0.3 is 0 Å². The second-order valence-corrected chi connectivity index (χ2v) is 5.71. The average Bonchev–Trinajstić information content (AvgIpc) is 2.84. The molecule has 0 saturated carbocycles. The van der Waals surface area contributed by atoms with Crippen molar-refractivity contribution in [1.82, 2.24) is 10.3 Å². The Morgan fingerprint density at radius 1 is 1.44 bits per heavy atom. The number of thiazole rings is 1. The fourth-order valence-electron chi connectivity index (χ4n) is 1.28. The van der Waals surface area contributed by atoms with Gasteiger partial charge in [-0.05, 0) is 26.0 Å². The number of hydrogen-bond donors (Lipinski definition) is 1. The van der Waals surface area contributed by atoms with Crippen LogP contribution in [0.25, 0.3) is 0 Å². The Hall–Kier alpha value is -1.20.